The summed E-state index contributed by atoms with van der Waals surface area (Å²) in [5.74, 6) is 0. The van der Waals surface area contributed by atoms with E-state index in [2.05, 4.69) is 0 Å². The van der Waals surface area contributed by atoms with Crippen molar-refractivity contribution in [2.24, 2.45) is 0 Å². The molecule has 1 heterocycles. The average molecular weight is 197 g/mol. The fourth-order valence-corrected chi connectivity index (χ4v) is 1.73. The summed E-state index contributed by atoms with van der Waals surface area (Å²) in [4.78, 5) is 0. The van der Waals surface area contributed by atoms with Crippen molar-refractivity contribution in [2.75, 3.05) is 19.8 Å². The van der Waals surface area contributed by atoms with Gasteiger partial charge in [-0.25, -0.2) is 0 Å². The lowest BCUT2D eigenvalue weighted by atomic mass is 10.0. The van der Waals surface area contributed by atoms with Gasteiger partial charge in [0.05, 0.1) is 12.2 Å². The molecule has 1 aliphatic rings. The molecule has 3 nitrogen and oxygen atoms in total. The Hall–Kier alpha value is -0.590. The van der Waals surface area contributed by atoms with Crippen molar-refractivity contribution in [3.63, 3.8) is 0 Å². The fourth-order valence-electron chi connectivity index (χ4n) is 1.73. The first kappa shape index (κ1) is 11.5. The van der Waals surface area contributed by atoms with Gasteiger partial charge in [0, 0.05) is 13.2 Å². The van der Waals surface area contributed by atoms with Crippen LogP contribution in [0.2, 0.25) is 0 Å². The number of rotatable bonds is 6. The molecule has 14 heavy (non-hydrogen) atoms. The van der Waals surface area contributed by atoms with Crippen LogP contribution in [0.4, 0.5) is 0 Å². The van der Waals surface area contributed by atoms with Gasteiger partial charge in [0.15, 0.2) is 0 Å². The summed E-state index contributed by atoms with van der Waals surface area (Å²) < 4.78 is 10.7. The highest BCUT2D eigenvalue weighted by Crippen LogP contribution is 2.17. The molecule has 0 aromatic carbocycles. The maximum absolute atomic E-state index is 8.23. The quantitative estimate of drug-likeness (QED) is 0.613. The van der Waals surface area contributed by atoms with Gasteiger partial charge in [0.25, 0.3) is 0 Å². The summed E-state index contributed by atoms with van der Waals surface area (Å²) in [6.45, 7) is 1.87. The summed E-state index contributed by atoms with van der Waals surface area (Å²) in [5, 5.41) is 8.23. The molecule has 0 bridgehead atoms. The molecule has 3 heteroatoms. The predicted molar refractivity (Wildman–Crippen MR) is 53.9 cm³/mol. The average Bonchev–Trinajstić information content (AvgIpc) is 2.25. The molecule has 1 saturated heterocycles. The smallest absolute Gasteiger partial charge is 0.133 e. The molecule has 0 spiro atoms. The minimum absolute atomic E-state index is 0.222. The van der Waals surface area contributed by atoms with Crippen LogP contribution < -0.4 is 0 Å². The lowest BCUT2D eigenvalue weighted by Gasteiger charge is -2.22. The third-order valence-corrected chi connectivity index (χ3v) is 2.51. The Morgan fingerprint density at radius 3 is 3.00 bits per heavy atom. The lowest BCUT2D eigenvalue weighted by molar-refractivity contribution is 0.00872. The molecule has 1 atom stereocenters. The highest BCUT2D eigenvalue weighted by Gasteiger charge is 2.12. The van der Waals surface area contributed by atoms with Gasteiger partial charge >= 0.3 is 0 Å². The zero-order valence-electron chi connectivity index (χ0n) is 8.71. The first-order valence-electron chi connectivity index (χ1n) is 5.50. The van der Waals surface area contributed by atoms with E-state index in [1.807, 2.05) is 6.07 Å². The van der Waals surface area contributed by atoms with E-state index in [-0.39, 0.29) is 6.61 Å². The number of hydrogen-bond acceptors (Lipinski definition) is 3. The maximum atomic E-state index is 8.23. The van der Waals surface area contributed by atoms with E-state index in [0.29, 0.717) is 12.7 Å². The van der Waals surface area contributed by atoms with Gasteiger partial charge in [0.2, 0.25) is 0 Å². The topological polar surface area (TPSA) is 42.2 Å². The normalized spacial score (nSPS) is 21.8. The Labute approximate surface area is 86.0 Å². The molecular formula is C11H19NO2. The third-order valence-electron chi connectivity index (χ3n) is 2.51. The second-order valence-corrected chi connectivity index (χ2v) is 3.70. The molecular weight excluding hydrogens is 178 g/mol. The van der Waals surface area contributed by atoms with Crippen molar-refractivity contribution >= 4 is 0 Å². The minimum Gasteiger partial charge on any atom is -0.378 e. The van der Waals surface area contributed by atoms with E-state index in [1.165, 1.54) is 19.3 Å². The number of ether oxygens (including phenoxy) is 2. The summed E-state index contributed by atoms with van der Waals surface area (Å²) in [7, 11) is 0. The molecule has 0 aromatic rings. The van der Waals surface area contributed by atoms with Crippen LogP contribution in [0.5, 0.6) is 0 Å². The summed E-state index contributed by atoms with van der Waals surface area (Å²) in [5.41, 5.74) is 0. The SMILES string of the molecule is N#CCOCCCCC1CCCCO1. The van der Waals surface area contributed by atoms with Gasteiger partial charge in [-0.1, -0.05) is 0 Å². The Morgan fingerprint density at radius 1 is 1.36 bits per heavy atom. The zero-order valence-corrected chi connectivity index (χ0v) is 8.71. The molecule has 0 saturated carbocycles. The first-order chi connectivity index (χ1) is 6.93. The Kier molecular flexibility index (Phi) is 6.38. The Bertz CT molecular complexity index is 171. The van der Waals surface area contributed by atoms with Crippen molar-refractivity contribution in [2.45, 2.75) is 44.6 Å². The van der Waals surface area contributed by atoms with Gasteiger partial charge < -0.3 is 9.47 Å². The fraction of sp³-hybridized carbons (Fsp3) is 0.909. The van der Waals surface area contributed by atoms with Crippen LogP contribution in [-0.2, 0) is 9.47 Å². The van der Waals surface area contributed by atoms with Gasteiger partial charge in [-0.3, -0.25) is 0 Å². The Balaban J connectivity index is 1.85. The first-order valence-corrected chi connectivity index (χ1v) is 5.50. The van der Waals surface area contributed by atoms with E-state index in [9.17, 15) is 0 Å². The molecule has 1 fully saturated rings. The highest BCUT2D eigenvalue weighted by atomic mass is 16.5. The van der Waals surface area contributed by atoms with Gasteiger partial charge in [-0.15, -0.1) is 0 Å². The second kappa shape index (κ2) is 7.78. The van der Waals surface area contributed by atoms with Crippen molar-refractivity contribution in [1.29, 1.82) is 5.26 Å². The highest BCUT2D eigenvalue weighted by molar-refractivity contribution is 4.66. The summed E-state index contributed by atoms with van der Waals surface area (Å²) in [6.07, 6.45) is 7.59. The van der Waals surface area contributed by atoms with E-state index in [4.69, 9.17) is 14.7 Å². The molecule has 1 unspecified atom stereocenters. The summed E-state index contributed by atoms with van der Waals surface area (Å²) >= 11 is 0. The zero-order chi connectivity index (χ0) is 10.1. The molecule has 80 valence electrons. The van der Waals surface area contributed by atoms with Crippen molar-refractivity contribution < 1.29 is 9.47 Å². The van der Waals surface area contributed by atoms with Crippen LogP contribution in [0.25, 0.3) is 0 Å². The third kappa shape index (κ3) is 5.21. The standard InChI is InChI=1S/C11H19NO2/c12-7-10-13-8-3-1-5-11-6-2-4-9-14-11/h11H,1-6,8-10H2. The minimum atomic E-state index is 0.222. The predicted octanol–water partition coefficient (Wildman–Crippen LogP) is 2.27. The molecule has 0 radical (unpaired) electrons. The Morgan fingerprint density at radius 2 is 2.29 bits per heavy atom. The van der Waals surface area contributed by atoms with Crippen molar-refractivity contribution in [3.8, 4) is 6.07 Å². The second-order valence-electron chi connectivity index (χ2n) is 3.70. The molecule has 0 aromatic heterocycles. The molecule has 1 aliphatic heterocycles. The number of hydrogen-bond donors (Lipinski definition) is 0. The van der Waals surface area contributed by atoms with E-state index in [0.717, 1.165) is 25.9 Å². The van der Waals surface area contributed by atoms with Crippen LogP contribution in [0, 0.1) is 11.3 Å². The molecule has 0 N–H and O–H groups in total. The van der Waals surface area contributed by atoms with Gasteiger partial charge in [-0.05, 0) is 38.5 Å². The van der Waals surface area contributed by atoms with Crippen LogP contribution in [0.3, 0.4) is 0 Å². The lowest BCUT2D eigenvalue weighted by Crippen LogP contribution is -2.18. The number of nitrogens with zero attached hydrogens (tertiary/aromatic N) is 1. The van der Waals surface area contributed by atoms with Gasteiger partial charge in [0.1, 0.15) is 6.61 Å². The van der Waals surface area contributed by atoms with E-state index >= 15 is 0 Å². The van der Waals surface area contributed by atoms with Crippen LogP contribution in [-0.4, -0.2) is 25.9 Å². The maximum Gasteiger partial charge on any atom is 0.133 e. The van der Waals surface area contributed by atoms with Gasteiger partial charge in [-0.2, -0.15) is 5.26 Å². The van der Waals surface area contributed by atoms with E-state index < -0.39 is 0 Å². The van der Waals surface area contributed by atoms with Crippen LogP contribution in [0.1, 0.15) is 38.5 Å². The largest absolute Gasteiger partial charge is 0.378 e. The van der Waals surface area contributed by atoms with Crippen molar-refractivity contribution in [1.82, 2.24) is 0 Å². The number of nitriles is 1. The molecule has 1 rings (SSSR count). The van der Waals surface area contributed by atoms with E-state index in [1.54, 1.807) is 0 Å². The molecule has 0 aliphatic carbocycles. The van der Waals surface area contributed by atoms with Crippen LogP contribution in [0.15, 0.2) is 0 Å². The van der Waals surface area contributed by atoms with Crippen LogP contribution >= 0.6 is 0 Å². The summed E-state index contributed by atoms with van der Waals surface area (Å²) in [6, 6.07) is 1.96. The van der Waals surface area contributed by atoms with Crippen molar-refractivity contribution in [3.05, 3.63) is 0 Å². The molecule has 0 amide bonds. The number of unbranched alkanes of at least 4 members (excludes halogenated alkanes) is 1. The monoisotopic (exact) mass is 197 g/mol.